The molecule has 5 nitrogen and oxygen atoms in total. The fourth-order valence-corrected chi connectivity index (χ4v) is 2.63. The Hall–Kier alpha value is -2.34. The molecule has 0 spiro atoms. The SMILES string of the molecule is COc1ccc(Br)c(C(=O)NCc2cnn3ccccc23)c1. The van der Waals surface area contributed by atoms with E-state index in [1.165, 1.54) is 0 Å². The zero-order valence-corrected chi connectivity index (χ0v) is 13.5. The molecule has 0 aliphatic rings. The number of hydrogen-bond acceptors (Lipinski definition) is 3. The molecule has 1 amide bonds. The Kier molecular flexibility index (Phi) is 4.11. The van der Waals surface area contributed by atoms with Crippen LogP contribution >= 0.6 is 15.9 Å². The summed E-state index contributed by atoms with van der Waals surface area (Å²) >= 11 is 3.39. The molecule has 112 valence electrons. The molecule has 2 heterocycles. The van der Waals surface area contributed by atoms with E-state index in [-0.39, 0.29) is 5.91 Å². The molecule has 0 radical (unpaired) electrons. The van der Waals surface area contributed by atoms with Gasteiger partial charge in [0.1, 0.15) is 5.75 Å². The van der Waals surface area contributed by atoms with Gasteiger partial charge in [-0.05, 0) is 46.3 Å². The third-order valence-corrected chi connectivity index (χ3v) is 4.06. The molecule has 0 saturated carbocycles. The van der Waals surface area contributed by atoms with Gasteiger partial charge < -0.3 is 10.1 Å². The molecule has 0 atom stereocenters. The van der Waals surface area contributed by atoms with Crippen LogP contribution in [0.1, 0.15) is 15.9 Å². The van der Waals surface area contributed by atoms with Crippen molar-refractivity contribution in [3.63, 3.8) is 0 Å². The van der Waals surface area contributed by atoms with E-state index in [9.17, 15) is 4.79 Å². The molecule has 0 aliphatic carbocycles. The van der Waals surface area contributed by atoms with Gasteiger partial charge in [-0.3, -0.25) is 4.79 Å². The van der Waals surface area contributed by atoms with Crippen LogP contribution in [-0.4, -0.2) is 22.6 Å². The molecule has 0 bridgehead atoms. The quantitative estimate of drug-likeness (QED) is 0.778. The minimum atomic E-state index is -0.166. The molecular weight excluding hydrogens is 346 g/mol. The number of methoxy groups -OCH3 is 1. The van der Waals surface area contributed by atoms with Crippen LogP contribution < -0.4 is 10.1 Å². The van der Waals surface area contributed by atoms with E-state index in [1.54, 1.807) is 36.0 Å². The summed E-state index contributed by atoms with van der Waals surface area (Å²) in [5, 5.41) is 7.16. The van der Waals surface area contributed by atoms with E-state index in [0.717, 1.165) is 15.6 Å². The fraction of sp³-hybridized carbons (Fsp3) is 0.125. The van der Waals surface area contributed by atoms with Crippen LogP contribution in [0, 0.1) is 0 Å². The second-order valence-corrected chi connectivity index (χ2v) is 5.58. The highest BCUT2D eigenvalue weighted by molar-refractivity contribution is 9.10. The van der Waals surface area contributed by atoms with Crippen molar-refractivity contribution in [2.24, 2.45) is 0 Å². The number of carbonyl (C=O) groups is 1. The van der Waals surface area contributed by atoms with Crippen LogP contribution in [0.3, 0.4) is 0 Å². The van der Waals surface area contributed by atoms with Crippen molar-refractivity contribution < 1.29 is 9.53 Å². The smallest absolute Gasteiger partial charge is 0.252 e. The number of nitrogens with one attached hydrogen (secondary N) is 1. The number of ether oxygens (including phenoxy) is 1. The van der Waals surface area contributed by atoms with Crippen LogP contribution in [0.2, 0.25) is 0 Å². The van der Waals surface area contributed by atoms with Crippen molar-refractivity contribution in [3.05, 3.63) is 64.4 Å². The summed E-state index contributed by atoms with van der Waals surface area (Å²) in [5.41, 5.74) is 2.48. The van der Waals surface area contributed by atoms with Crippen molar-refractivity contribution in [1.29, 1.82) is 0 Å². The van der Waals surface area contributed by atoms with Crippen LogP contribution in [0.4, 0.5) is 0 Å². The predicted octanol–water partition coefficient (Wildman–Crippen LogP) is 3.04. The van der Waals surface area contributed by atoms with E-state index in [4.69, 9.17) is 4.74 Å². The van der Waals surface area contributed by atoms with Crippen molar-refractivity contribution >= 4 is 27.4 Å². The first kappa shape index (κ1) is 14.6. The van der Waals surface area contributed by atoms with E-state index in [2.05, 4.69) is 26.3 Å². The van der Waals surface area contributed by atoms with Crippen LogP contribution in [0.5, 0.6) is 5.75 Å². The Morgan fingerprint density at radius 1 is 1.36 bits per heavy atom. The number of fused-ring (bicyclic) bond motifs is 1. The third kappa shape index (κ3) is 2.82. The summed E-state index contributed by atoms with van der Waals surface area (Å²) < 4.78 is 7.66. The summed E-state index contributed by atoms with van der Waals surface area (Å²) in [7, 11) is 1.57. The molecule has 0 unspecified atom stereocenters. The molecule has 0 aliphatic heterocycles. The summed E-state index contributed by atoms with van der Waals surface area (Å²) in [6.07, 6.45) is 3.63. The monoisotopic (exact) mass is 359 g/mol. The second kappa shape index (κ2) is 6.19. The molecule has 22 heavy (non-hydrogen) atoms. The van der Waals surface area contributed by atoms with Gasteiger partial charge in [0.25, 0.3) is 5.91 Å². The lowest BCUT2D eigenvalue weighted by Crippen LogP contribution is -2.23. The molecule has 6 heteroatoms. The Morgan fingerprint density at radius 2 is 2.23 bits per heavy atom. The number of amides is 1. The van der Waals surface area contributed by atoms with Crippen LogP contribution in [0.25, 0.3) is 5.52 Å². The lowest BCUT2D eigenvalue weighted by Gasteiger charge is -2.08. The maximum Gasteiger partial charge on any atom is 0.252 e. The standard InChI is InChI=1S/C16H14BrN3O2/c1-22-12-5-6-14(17)13(8-12)16(21)18-9-11-10-19-20-7-3-2-4-15(11)20/h2-8,10H,9H2,1H3,(H,18,21). The highest BCUT2D eigenvalue weighted by Gasteiger charge is 2.12. The maximum absolute atomic E-state index is 12.3. The molecular formula is C16H14BrN3O2. The fourth-order valence-electron chi connectivity index (χ4n) is 2.20. The van der Waals surface area contributed by atoms with Gasteiger partial charge in [0.05, 0.1) is 24.4 Å². The van der Waals surface area contributed by atoms with Crippen molar-refractivity contribution in [1.82, 2.24) is 14.9 Å². The molecule has 0 fully saturated rings. The topological polar surface area (TPSA) is 55.6 Å². The normalized spacial score (nSPS) is 10.6. The van der Waals surface area contributed by atoms with E-state index in [0.29, 0.717) is 17.9 Å². The van der Waals surface area contributed by atoms with Gasteiger partial charge in [-0.25, -0.2) is 4.52 Å². The van der Waals surface area contributed by atoms with Crippen LogP contribution in [0.15, 0.2) is 53.3 Å². The van der Waals surface area contributed by atoms with Gasteiger partial charge in [0.2, 0.25) is 0 Å². The van der Waals surface area contributed by atoms with Crippen LogP contribution in [-0.2, 0) is 6.54 Å². The number of pyridine rings is 1. The van der Waals surface area contributed by atoms with Crippen molar-refractivity contribution in [3.8, 4) is 5.75 Å². The minimum absolute atomic E-state index is 0.166. The first-order valence-electron chi connectivity index (χ1n) is 6.72. The molecule has 1 aromatic carbocycles. The number of carbonyl (C=O) groups excluding carboxylic acids is 1. The van der Waals surface area contributed by atoms with E-state index in [1.807, 2.05) is 24.4 Å². The third-order valence-electron chi connectivity index (χ3n) is 3.36. The number of halogens is 1. The van der Waals surface area contributed by atoms with E-state index < -0.39 is 0 Å². The maximum atomic E-state index is 12.3. The Morgan fingerprint density at radius 3 is 3.05 bits per heavy atom. The van der Waals surface area contributed by atoms with Gasteiger partial charge in [-0.1, -0.05) is 6.07 Å². The largest absolute Gasteiger partial charge is 0.497 e. The summed E-state index contributed by atoms with van der Waals surface area (Å²) in [4.78, 5) is 12.3. The Labute approximate surface area is 136 Å². The van der Waals surface area contributed by atoms with Gasteiger partial charge in [-0.15, -0.1) is 0 Å². The predicted molar refractivity (Wildman–Crippen MR) is 87.1 cm³/mol. The lowest BCUT2D eigenvalue weighted by atomic mass is 10.2. The van der Waals surface area contributed by atoms with Gasteiger partial charge in [-0.2, -0.15) is 5.10 Å². The average molecular weight is 360 g/mol. The molecule has 2 aromatic heterocycles. The molecule has 0 saturated heterocycles. The van der Waals surface area contributed by atoms with E-state index >= 15 is 0 Å². The first-order chi connectivity index (χ1) is 10.7. The molecule has 3 rings (SSSR count). The number of aromatic nitrogens is 2. The zero-order valence-electron chi connectivity index (χ0n) is 11.9. The minimum Gasteiger partial charge on any atom is -0.497 e. The number of rotatable bonds is 4. The summed E-state index contributed by atoms with van der Waals surface area (Å²) in [6, 6.07) is 11.1. The number of benzene rings is 1. The van der Waals surface area contributed by atoms with Gasteiger partial charge in [0, 0.05) is 22.8 Å². The van der Waals surface area contributed by atoms with Gasteiger partial charge >= 0.3 is 0 Å². The average Bonchev–Trinajstić information content (AvgIpc) is 2.96. The number of nitrogens with zero attached hydrogens (tertiary/aromatic N) is 2. The van der Waals surface area contributed by atoms with Crippen molar-refractivity contribution in [2.75, 3.05) is 7.11 Å². The highest BCUT2D eigenvalue weighted by Crippen LogP contribution is 2.22. The first-order valence-corrected chi connectivity index (χ1v) is 7.51. The molecule has 3 aromatic rings. The zero-order chi connectivity index (χ0) is 15.5. The summed E-state index contributed by atoms with van der Waals surface area (Å²) in [5.74, 6) is 0.477. The second-order valence-electron chi connectivity index (χ2n) is 4.73. The summed E-state index contributed by atoms with van der Waals surface area (Å²) in [6.45, 7) is 0.413. The van der Waals surface area contributed by atoms with Gasteiger partial charge in [0.15, 0.2) is 0 Å². The Balaban J connectivity index is 1.78. The molecule has 1 N–H and O–H groups in total. The van der Waals surface area contributed by atoms with Crippen molar-refractivity contribution in [2.45, 2.75) is 6.54 Å². The Bertz CT molecular complexity index is 829. The number of hydrogen-bond donors (Lipinski definition) is 1. The highest BCUT2D eigenvalue weighted by atomic mass is 79.9. The lowest BCUT2D eigenvalue weighted by molar-refractivity contribution is 0.0950.